The highest BCUT2D eigenvalue weighted by molar-refractivity contribution is 5.96. The molecule has 156 valence electrons. The molecule has 0 heterocycles. The predicted molar refractivity (Wildman–Crippen MR) is 113 cm³/mol. The molecule has 0 saturated heterocycles. The van der Waals surface area contributed by atoms with Crippen LogP contribution in [-0.4, -0.2) is 38.6 Å². The van der Waals surface area contributed by atoms with Crippen LogP contribution in [0.2, 0.25) is 0 Å². The normalized spacial score (nSPS) is 11.0. The van der Waals surface area contributed by atoms with E-state index < -0.39 is 0 Å². The van der Waals surface area contributed by atoms with Gasteiger partial charge in [0.15, 0.2) is 0 Å². The van der Waals surface area contributed by atoms with Crippen LogP contribution in [0.5, 0.6) is 5.75 Å². The van der Waals surface area contributed by atoms with Crippen molar-refractivity contribution in [2.45, 2.75) is 32.8 Å². The van der Waals surface area contributed by atoms with Crippen molar-refractivity contribution in [3.8, 4) is 5.75 Å². The first kappa shape index (κ1) is 22.4. The van der Waals surface area contributed by atoms with Crippen LogP contribution in [0.3, 0.4) is 0 Å². The summed E-state index contributed by atoms with van der Waals surface area (Å²) in [6.45, 7) is 7.72. The highest BCUT2D eigenvalue weighted by Crippen LogP contribution is 2.24. The number of nitrogens with one attached hydrogen (secondary N) is 2. The third kappa shape index (κ3) is 7.58. The number of ether oxygens (including phenoxy) is 2. The number of benzene rings is 2. The Hall–Kier alpha value is -2.86. The first-order valence-electron chi connectivity index (χ1n) is 9.65. The Labute approximate surface area is 172 Å². The van der Waals surface area contributed by atoms with Gasteiger partial charge in [-0.05, 0) is 40.8 Å². The molecule has 6 nitrogen and oxygen atoms in total. The molecule has 2 N–H and O–H groups in total. The van der Waals surface area contributed by atoms with E-state index in [1.807, 2.05) is 24.3 Å². The minimum Gasteiger partial charge on any atom is -0.489 e. The number of methoxy groups -OCH3 is 1. The molecule has 0 aliphatic carbocycles. The lowest BCUT2D eigenvalue weighted by Gasteiger charge is -2.19. The highest BCUT2D eigenvalue weighted by atomic mass is 16.5. The van der Waals surface area contributed by atoms with Gasteiger partial charge < -0.3 is 20.1 Å². The van der Waals surface area contributed by atoms with Crippen molar-refractivity contribution in [1.29, 1.82) is 0 Å². The maximum absolute atomic E-state index is 12.1. The number of carbonyl (C=O) groups excluding carboxylic acids is 2. The minimum absolute atomic E-state index is 0.0715. The van der Waals surface area contributed by atoms with Crippen LogP contribution >= 0.6 is 0 Å². The van der Waals surface area contributed by atoms with Crippen LogP contribution in [0.4, 0.5) is 0 Å². The molecule has 2 amide bonds. The Morgan fingerprint density at radius 2 is 1.59 bits per heavy atom. The molecule has 2 rings (SSSR count). The average Bonchev–Trinajstić information content (AvgIpc) is 2.70. The Bertz CT molecular complexity index is 793. The number of hydrogen-bond donors (Lipinski definition) is 2. The van der Waals surface area contributed by atoms with Crippen molar-refractivity contribution in [2.75, 3.05) is 26.8 Å². The van der Waals surface area contributed by atoms with Gasteiger partial charge in [0.25, 0.3) is 5.91 Å². The zero-order valence-electron chi connectivity index (χ0n) is 17.6. The molecule has 0 spiro atoms. The van der Waals surface area contributed by atoms with Crippen LogP contribution < -0.4 is 15.4 Å². The van der Waals surface area contributed by atoms with Crippen molar-refractivity contribution in [2.24, 2.45) is 0 Å². The minimum atomic E-state index is -0.294. The number of rotatable bonds is 9. The molecule has 0 aliphatic rings. The summed E-state index contributed by atoms with van der Waals surface area (Å²) in [4.78, 5) is 23.7. The first-order valence-corrected chi connectivity index (χ1v) is 9.65. The summed E-state index contributed by atoms with van der Waals surface area (Å²) in [7, 11) is 1.56. The predicted octanol–water partition coefficient (Wildman–Crippen LogP) is 3.06. The Balaban J connectivity index is 1.80. The Kier molecular flexibility index (Phi) is 8.21. The lowest BCUT2D eigenvalue weighted by molar-refractivity contribution is -0.120. The largest absolute Gasteiger partial charge is 0.489 e. The molecule has 0 radical (unpaired) electrons. The molecular weight excluding hydrogens is 368 g/mol. The summed E-state index contributed by atoms with van der Waals surface area (Å²) in [6, 6.07) is 15.2. The fraction of sp³-hybridized carbons (Fsp3) is 0.391. The molecule has 6 heteroatoms. The summed E-state index contributed by atoms with van der Waals surface area (Å²) in [5, 5.41) is 5.25. The SMILES string of the molecule is COCCNC(=O)CNC(=O)c1ccc(COc2ccc(C(C)(C)C)cc2)cc1. The fourth-order valence-corrected chi connectivity index (χ4v) is 2.59. The quantitative estimate of drug-likeness (QED) is 0.637. The third-order valence-corrected chi connectivity index (χ3v) is 4.38. The van der Waals surface area contributed by atoms with Crippen LogP contribution in [0.15, 0.2) is 48.5 Å². The smallest absolute Gasteiger partial charge is 0.251 e. The van der Waals surface area contributed by atoms with E-state index in [1.165, 1.54) is 5.56 Å². The lowest BCUT2D eigenvalue weighted by Crippen LogP contribution is -2.38. The second-order valence-electron chi connectivity index (χ2n) is 7.79. The summed E-state index contributed by atoms with van der Waals surface area (Å²) < 4.78 is 10.7. The van der Waals surface area contributed by atoms with E-state index in [-0.39, 0.29) is 23.8 Å². The van der Waals surface area contributed by atoms with E-state index in [0.717, 1.165) is 11.3 Å². The number of amides is 2. The van der Waals surface area contributed by atoms with Gasteiger partial charge in [0.1, 0.15) is 12.4 Å². The Morgan fingerprint density at radius 3 is 2.17 bits per heavy atom. The Morgan fingerprint density at radius 1 is 0.931 bits per heavy atom. The van der Waals surface area contributed by atoms with Crippen LogP contribution in [0.25, 0.3) is 0 Å². The van der Waals surface area contributed by atoms with Crippen molar-refractivity contribution in [3.63, 3.8) is 0 Å². The van der Waals surface area contributed by atoms with Gasteiger partial charge in [0.05, 0.1) is 13.2 Å². The van der Waals surface area contributed by atoms with Crippen LogP contribution in [0.1, 0.15) is 42.3 Å². The van der Waals surface area contributed by atoms with E-state index in [9.17, 15) is 9.59 Å². The van der Waals surface area contributed by atoms with Crippen molar-refractivity contribution >= 4 is 11.8 Å². The van der Waals surface area contributed by atoms with Crippen molar-refractivity contribution < 1.29 is 19.1 Å². The van der Waals surface area contributed by atoms with Gasteiger partial charge in [-0.2, -0.15) is 0 Å². The fourth-order valence-electron chi connectivity index (χ4n) is 2.59. The van der Waals surface area contributed by atoms with Crippen molar-refractivity contribution in [1.82, 2.24) is 10.6 Å². The van der Waals surface area contributed by atoms with Gasteiger partial charge in [0.2, 0.25) is 5.91 Å². The van der Waals surface area contributed by atoms with E-state index in [1.54, 1.807) is 19.2 Å². The standard InChI is InChI=1S/C23H30N2O4/c1-23(2,3)19-9-11-20(12-10-19)29-16-17-5-7-18(8-6-17)22(27)25-15-21(26)24-13-14-28-4/h5-12H,13-16H2,1-4H3,(H,24,26)(H,25,27). The molecule has 2 aromatic carbocycles. The summed E-state index contributed by atoms with van der Waals surface area (Å²) in [5.74, 6) is 0.259. The zero-order valence-corrected chi connectivity index (χ0v) is 17.6. The molecule has 0 fully saturated rings. The average molecular weight is 399 g/mol. The maximum atomic E-state index is 12.1. The van der Waals surface area contributed by atoms with Crippen molar-refractivity contribution in [3.05, 3.63) is 65.2 Å². The van der Waals surface area contributed by atoms with E-state index >= 15 is 0 Å². The molecule has 29 heavy (non-hydrogen) atoms. The number of carbonyl (C=O) groups is 2. The van der Waals surface area contributed by atoms with E-state index in [4.69, 9.17) is 9.47 Å². The van der Waals surface area contributed by atoms with Gasteiger partial charge in [-0.15, -0.1) is 0 Å². The third-order valence-electron chi connectivity index (χ3n) is 4.38. The summed E-state index contributed by atoms with van der Waals surface area (Å²) >= 11 is 0. The molecule has 0 aromatic heterocycles. The lowest BCUT2D eigenvalue weighted by atomic mass is 9.87. The molecule has 0 bridgehead atoms. The number of hydrogen-bond acceptors (Lipinski definition) is 4. The highest BCUT2D eigenvalue weighted by Gasteiger charge is 2.13. The molecule has 0 saturated carbocycles. The molecule has 0 aliphatic heterocycles. The van der Waals surface area contributed by atoms with E-state index in [0.29, 0.717) is 25.3 Å². The summed E-state index contributed by atoms with van der Waals surface area (Å²) in [6.07, 6.45) is 0. The molecular formula is C23H30N2O4. The summed E-state index contributed by atoms with van der Waals surface area (Å²) in [5.41, 5.74) is 2.82. The van der Waals surface area contributed by atoms with Gasteiger partial charge in [-0.3, -0.25) is 9.59 Å². The van der Waals surface area contributed by atoms with Gasteiger partial charge in [-0.25, -0.2) is 0 Å². The van der Waals surface area contributed by atoms with Crippen LogP contribution in [0, 0.1) is 0 Å². The molecule has 0 atom stereocenters. The van der Waals surface area contributed by atoms with Gasteiger partial charge in [-0.1, -0.05) is 45.0 Å². The molecule has 0 unspecified atom stereocenters. The van der Waals surface area contributed by atoms with E-state index in [2.05, 4.69) is 43.5 Å². The zero-order chi connectivity index (χ0) is 21.3. The molecule has 2 aromatic rings. The maximum Gasteiger partial charge on any atom is 0.251 e. The topological polar surface area (TPSA) is 76.7 Å². The second-order valence-corrected chi connectivity index (χ2v) is 7.79. The van der Waals surface area contributed by atoms with Gasteiger partial charge >= 0.3 is 0 Å². The first-order chi connectivity index (χ1) is 13.8. The monoisotopic (exact) mass is 398 g/mol. The second kappa shape index (κ2) is 10.6. The van der Waals surface area contributed by atoms with Crippen LogP contribution in [-0.2, 0) is 21.6 Å². The van der Waals surface area contributed by atoms with Gasteiger partial charge in [0, 0.05) is 19.2 Å².